The van der Waals surface area contributed by atoms with Crippen molar-refractivity contribution in [2.75, 3.05) is 29.4 Å². The highest BCUT2D eigenvalue weighted by Gasteiger charge is 2.22. The molecule has 0 bridgehead atoms. The Hall–Kier alpha value is -1.41. The summed E-state index contributed by atoms with van der Waals surface area (Å²) >= 11 is 13.6. The molecule has 1 N–H and O–H groups in total. The molecule has 0 heterocycles. The van der Waals surface area contributed by atoms with Crippen molar-refractivity contribution in [1.29, 1.82) is 0 Å². The van der Waals surface area contributed by atoms with E-state index in [0.29, 0.717) is 33.6 Å². The van der Waals surface area contributed by atoms with E-state index in [-0.39, 0.29) is 12.5 Å². The topological polar surface area (TPSA) is 66.5 Å². The number of halogens is 2. The van der Waals surface area contributed by atoms with Crippen molar-refractivity contribution in [3.05, 3.63) is 63.6 Å². The van der Waals surface area contributed by atoms with Gasteiger partial charge in [0.25, 0.3) is 0 Å². The van der Waals surface area contributed by atoms with Gasteiger partial charge in [-0.3, -0.25) is 9.10 Å². The minimum Gasteiger partial charge on any atom is -0.354 e. The lowest BCUT2D eigenvalue weighted by Crippen LogP contribution is -2.41. The zero-order valence-electron chi connectivity index (χ0n) is 15.6. The van der Waals surface area contributed by atoms with Gasteiger partial charge in [-0.05, 0) is 48.4 Å². The highest BCUT2D eigenvalue weighted by atomic mass is 35.5. The van der Waals surface area contributed by atoms with Crippen LogP contribution in [0.5, 0.6) is 0 Å². The Morgan fingerprint density at radius 1 is 1.14 bits per heavy atom. The molecule has 5 nitrogen and oxygen atoms in total. The second-order valence-corrected chi connectivity index (χ2v) is 10.1. The quantitative estimate of drug-likeness (QED) is 0.571. The van der Waals surface area contributed by atoms with E-state index in [4.69, 9.17) is 23.2 Å². The van der Waals surface area contributed by atoms with Crippen molar-refractivity contribution < 1.29 is 13.2 Å². The molecule has 0 atom stereocenters. The molecule has 2 aromatic carbocycles. The first kappa shape index (κ1) is 22.9. The van der Waals surface area contributed by atoms with E-state index in [2.05, 4.69) is 5.32 Å². The molecule has 2 aromatic rings. The minimum absolute atomic E-state index is 0.278. The fourth-order valence-electron chi connectivity index (χ4n) is 2.55. The summed E-state index contributed by atoms with van der Waals surface area (Å²) < 4.78 is 25.4. The molecule has 2 rings (SSSR count). The predicted molar refractivity (Wildman–Crippen MR) is 119 cm³/mol. The molecular weight excluding hydrogens is 439 g/mol. The van der Waals surface area contributed by atoms with Gasteiger partial charge in [0, 0.05) is 28.1 Å². The summed E-state index contributed by atoms with van der Waals surface area (Å²) in [6, 6.07) is 12.5. The Labute approximate surface area is 180 Å². The molecule has 152 valence electrons. The summed E-state index contributed by atoms with van der Waals surface area (Å²) in [5, 5.41) is 3.97. The number of thioether (sulfide) groups is 1. The van der Waals surface area contributed by atoms with Gasteiger partial charge in [0.15, 0.2) is 0 Å². The van der Waals surface area contributed by atoms with Crippen LogP contribution in [0.3, 0.4) is 0 Å². The first-order chi connectivity index (χ1) is 13.2. The van der Waals surface area contributed by atoms with Gasteiger partial charge >= 0.3 is 0 Å². The highest BCUT2D eigenvalue weighted by molar-refractivity contribution is 7.98. The molecule has 0 saturated carbocycles. The van der Waals surface area contributed by atoms with Gasteiger partial charge in [0.05, 0.1) is 11.9 Å². The average molecular weight is 461 g/mol. The van der Waals surface area contributed by atoms with Crippen molar-refractivity contribution >= 4 is 56.6 Å². The number of anilines is 1. The van der Waals surface area contributed by atoms with Crippen molar-refractivity contribution in [3.8, 4) is 0 Å². The summed E-state index contributed by atoms with van der Waals surface area (Å²) in [6.45, 7) is 1.92. The Morgan fingerprint density at radius 2 is 1.86 bits per heavy atom. The maximum atomic E-state index is 12.3. The van der Waals surface area contributed by atoms with Crippen LogP contribution in [0.15, 0.2) is 42.5 Å². The summed E-state index contributed by atoms with van der Waals surface area (Å²) in [6.07, 6.45) is 1.08. The third-order valence-electron chi connectivity index (χ3n) is 3.84. The second-order valence-electron chi connectivity index (χ2n) is 6.23. The second kappa shape index (κ2) is 10.4. The molecule has 0 spiro atoms. The Morgan fingerprint density at radius 3 is 2.50 bits per heavy atom. The SMILES string of the molecule is Cc1cc(Cl)ccc1N(CC(=O)NCCSCc1cccc(Cl)c1)S(C)(=O)=O. The zero-order valence-corrected chi connectivity index (χ0v) is 18.8. The Kier molecular flexibility index (Phi) is 8.49. The molecule has 0 aliphatic carbocycles. The number of nitrogens with one attached hydrogen (secondary N) is 1. The summed E-state index contributed by atoms with van der Waals surface area (Å²) in [5.74, 6) is 1.13. The van der Waals surface area contributed by atoms with Crippen LogP contribution < -0.4 is 9.62 Å². The van der Waals surface area contributed by atoms with Crippen LogP contribution in [-0.4, -0.2) is 39.4 Å². The van der Waals surface area contributed by atoms with Crippen LogP contribution in [0, 0.1) is 6.92 Å². The normalized spacial score (nSPS) is 11.3. The molecular formula is C19H22Cl2N2O3S2. The number of carbonyl (C=O) groups is 1. The van der Waals surface area contributed by atoms with E-state index >= 15 is 0 Å². The van der Waals surface area contributed by atoms with E-state index < -0.39 is 10.0 Å². The molecule has 0 aliphatic heterocycles. The van der Waals surface area contributed by atoms with Crippen molar-refractivity contribution in [2.45, 2.75) is 12.7 Å². The fourth-order valence-corrected chi connectivity index (χ4v) is 4.70. The predicted octanol–water partition coefficient (Wildman–Crippen LogP) is 4.12. The number of sulfonamides is 1. The molecule has 0 saturated heterocycles. The molecule has 0 unspecified atom stereocenters. The van der Waals surface area contributed by atoms with Gasteiger partial charge in [-0.2, -0.15) is 11.8 Å². The Bertz CT molecular complexity index is 937. The van der Waals surface area contributed by atoms with Crippen LogP contribution in [0.1, 0.15) is 11.1 Å². The first-order valence-corrected chi connectivity index (χ1v) is 12.3. The monoisotopic (exact) mass is 460 g/mol. The number of rotatable bonds is 9. The maximum absolute atomic E-state index is 12.3. The first-order valence-electron chi connectivity index (χ1n) is 8.49. The van der Waals surface area contributed by atoms with Crippen molar-refractivity contribution in [3.63, 3.8) is 0 Å². The van der Waals surface area contributed by atoms with E-state index in [9.17, 15) is 13.2 Å². The fraction of sp³-hybridized carbons (Fsp3) is 0.316. The summed E-state index contributed by atoms with van der Waals surface area (Å²) in [4.78, 5) is 12.3. The van der Waals surface area contributed by atoms with E-state index in [1.165, 1.54) is 0 Å². The minimum atomic E-state index is -3.61. The number of nitrogens with zero attached hydrogens (tertiary/aromatic N) is 1. The molecule has 0 fully saturated rings. The van der Waals surface area contributed by atoms with Crippen molar-refractivity contribution in [2.24, 2.45) is 0 Å². The number of hydrogen-bond acceptors (Lipinski definition) is 4. The zero-order chi connectivity index (χ0) is 20.7. The summed E-state index contributed by atoms with van der Waals surface area (Å²) in [7, 11) is -3.61. The lowest BCUT2D eigenvalue weighted by Gasteiger charge is -2.23. The van der Waals surface area contributed by atoms with Crippen LogP contribution >= 0.6 is 35.0 Å². The van der Waals surface area contributed by atoms with E-state index in [1.807, 2.05) is 24.3 Å². The van der Waals surface area contributed by atoms with Crippen LogP contribution in [-0.2, 0) is 20.6 Å². The molecule has 1 amide bonds. The van der Waals surface area contributed by atoms with Crippen LogP contribution in [0.4, 0.5) is 5.69 Å². The number of carbonyl (C=O) groups excluding carboxylic acids is 1. The van der Waals surface area contributed by atoms with Gasteiger partial charge in [-0.25, -0.2) is 8.42 Å². The lowest BCUT2D eigenvalue weighted by atomic mass is 10.2. The molecule has 0 aromatic heterocycles. The van der Waals surface area contributed by atoms with Crippen molar-refractivity contribution in [1.82, 2.24) is 5.32 Å². The number of amides is 1. The number of aryl methyl sites for hydroxylation is 1. The lowest BCUT2D eigenvalue weighted by molar-refractivity contribution is -0.119. The van der Waals surface area contributed by atoms with Gasteiger partial charge in [0.2, 0.25) is 15.9 Å². The van der Waals surface area contributed by atoms with Gasteiger partial charge in [0.1, 0.15) is 6.54 Å². The molecule has 0 radical (unpaired) electrons. The van der Waals surface area contributed by atoms with E-state index in [0.717, 1.165) is 21.9 Å². The highest BCUT2D eigenvalue weighted by Crippen LogP contribution is 2.25. The standard InChI is InChI=1S/C19H22Cl2N2O3S2/c1-14-10-17(21)6-7-18(14)23(28(2,25)26)12-19(24)22-8-9-27-13-15-4-3-5-16(20)11-15/h3-7,10-11H,8-9,12-13H2,1-2H3,(H,22,24). The smallest absolute Gasteiger partial charge is 0.240 e. The third-order valence-corrected chi connectivity index (χ3v) is 6.47. The molecule has 9 heteroatoms. The van der Waals surface area contributed by atoms with Gasteiger partial charge in [-0.15, -0.1) is 0 Å². The number of benzene rings is 2. The van der Waals surface area contributed by atoms with Crippen LogP contribution in [0.25, 0.3) is 0 Å². The van der Waals surface area contributed by atoms with Crippen LogP contribution in [0.2, 0.25) is 10.0 Å². The van der Waals surface area contributed by atoms with E-state index in [1.54, 1.807) is 36.9 Å². The Balaban J connectivity index is 1.86. The maximum Gasteiger partial charge on any atom is 0.240 e. The van der Waals surface area contributed by atoms with Gasteiger partial charge < -0.3 is 5.32 Å². The molecule has 28 heavy (non-hydrogen) atoms. The number of hydrogen-bond donors (Lipinski definition) is 1. The largest absolute Gasteiger partial charge is 0.354 e. The van der Waals surface area contributed by atoms with Gasteiger partial charge in [-0.1, -0.05) is 35.3 Å². The average Bonchev–Trinajstić information content (AvgIpc) is 2.59. The molecule has 0 aliphatic rings. The third kappa shape index (κ3) is 7.20. The summed E-state index contributed by atoms with van der Waals surface area (Å²) in [5.41, 5.74) is 2.24.